The number of aryl methyl sites for hydroxylation is 2. The van der Waals surface area contributed by atoms with Crippen LogP contribution in [0.25, 0.3) is 0 Å². The van der Waals surface area contributed by atoms with E-state index in [1.165, 1.54) is 16.0 Å². The Balaban J connectivity index is 1.81. The van der Waals surface area contributed by atoms with E-state index in [1.54, 1.807) is 16.2 Å². The lowest BCUT2D eigenvalue weighted by molar-refractivity contribution is -0.147. The van der Waals surface area contributed by atoms with Crippen molar-refractivity contribution in [3.05, 3.63) is 51.2 Å². The summed E-state index contributed by atoms with van der Waals surface area (Å²) in [6.07, 6.45) is 1.28. The lowest BCUT2D eigenvalue weighted by Crippen LogP contribution is -2.53. The van der Waals surface area contributed by atoms with E-state index in [-0.39, 0.29) is 30.3 Å². The summed E-state index contributed by atoms with van der Waals surface area (Å²) in [5.41, 5.74) is 3.03. The molecular weight excluding hydrogens is 432 g/mol. The minimum absolute atomic E-state index is 0.0203. The van der Waals surface area contributed by atoms with Crippen LogP contribution in [0.3, 0.4) is 0 Å². The van der Waals surface area contributed by atoms with Gasteiger partial charge in [-0.3, -0.25) is 9.59 Å². The third kappa shape index (κ3) is 6.17. The molecule has 33 heavy (non-hydrogen) atoms. The average Bonchev–Trinajstić information content (AvgIpc) is 3.18. The third-order valence-electron chi connectivity index (χ3n) is 6.13. The fraction of sp³-hybridized carbons (Fsp3) is 0.556. The number of carbonyl (C=O) groups is 2. The number of nitrogens with zero attached hydrogens (tertiary/aromatic N) is 2. The molecule has 5 nitrogen and oxygen atoms in total. The highest BCUT2D eigenvalue weighted by atomic mass is 32.1. The van der Waals surface area contributed by atoms with Gasteiger partial charge in [0.1, 0.15) is 18.9 Å². The summed E-state index contributed by atoms with van der Waals surface area (Å²) in [4.78, 5) is 31.5. The highest BCUT2D eigenvalue weighted by Gasteiger charge is 2.36. The molecule has 1 aromatic heterocycles. The van der Waals surface area contributed by atoms with Crippen LogP contribution in [0.1, 0.15) is 68.6 Å². The lowest BCUT2D eigenvalue weighted by Gasteiger charge is -2.40. The standard InChI is InChI=1S/C27H38N2O3S/c1-18(2)14-25(30)29(27(5,6)7)16-26(31)28-12-10-24-21(11-13-33-24)22(28)17-32-23-9-8-19(3)15-20(23)4/h8-9,11,13,15,18,22H,10,12,14,16-17H2,1-7H3/t22-/m1/s1. The molecule has 0 spiro atoms. The van der Waals surface area contributed by atoms with Crippen LogP contribution < -0.4 is 4.74 Å². The molecule has 2 aromatic rings. The fourth-order valence-electron chi connectivity index (χ4n) is 4.39. The summed E-state index contributed by atoms with van der Waals surface area (Å²) < 4.78 is 6.24. The maximum atomic E-state index is 13.6. The molecule has 0 saturated carbocycles. The van der Waals surface area contributed by atoms with Crippen molar-refractivity contribution in [1.82, 2.24) is 9.80 Å². The van der Waals surface area contributed by atoms with Crippen LogP contribution in [-0.4, -0.2) is 46.8 Å². The first-order valence-corrected chi connectivity index (χ1v) is 12.7. The average molecular weight is 471 g/mol. The van der Waals surface area contributed by atoms with Crippen molar-refractivity contribution >= 4 is 23.2 Å². The summed E-state index contributed by atoms with van der Waals surface area (Å²) >= 11 is 1.74. The summed E-state index contributed by atoms with van der Waals surface area (Å²) in [6.45, 7) is 15.3. The predicted octanol–water partition coefficient (Wildman–Crippen LogP) is 5.54. The molecule has 2 heterocycles. The zero-order valence-electron chi connectivity index (χ0n) is 21.1. The molecule has 180 valence electrons. The number of thiophene rings is 1. The molecule has 1 aliphatic heterocycles. The maximum Gasteiger partial charge on any atom is 0.242 e. The highest BCUT2D eigenvalue weighted by molar-refractivity contribution is 7.10. The van der Waals surface area contributed by atoms with Gasteiger partial charge in [0.2, 0.25) is 11.8 Å². The van der Waals surface area contributed by atoms with Gasteiger partial charge in [0.05, 0.1) is 6.04 Å². The molecule has 1 aliphatic rings. The van der Waals surface area contributed by atoms with Crippen LogP contribution in [0, 0.1) is 19.8 Å². The Hall–Kier alpha value is -2.34. The number of amides is 2. The van der Waals surface area contributed by atoms with Gasteiger partial charge in [-0.05, 0) is 75.6 Å². The van der Waals surface area contributed by atoms with Crippen LogP contribution >= 0.6 is 11.3 Å². The van der Waals surface area contributed by atoms with Gasteiger partial charge in [0.15, 0.2) is 0 Å². The van der Waals surface area contributed by atoms with Crippen molar-refractivity contribution in [1.29, 1.82) is 0 Å². The van der Waals surface area contributed by atoms with Crippen LogP contribution in [0.15, 0.2) is 29.6 Å². The molecule has 2 amide bonds. The van der Waals surface area contributed by atoms with E-state index in [9.17, 15) is 9.59 Å². The Morgan fingerprint density at radius 3 is 2.58 bits per heavy atom. The molecule has 0 aliphatic carbocycles. The molecular formula is C27H38N2O3S. The van der Waals surface area contributed by atoms with E-state index < -0.39 is 5.54 Å². The molecule has 1 aromatic carbocycles. The Labute approximate surface area is 202 Å². The van der Waals surface area contributed by atoms with E-state index in [0.29, 0.717) is 19.6 Å². The molecule has 6 heteroatoms. The summed E-state index contributed by atoms with van der Waals surface area (Å²) in [5, 5.41) is 2.09. The lowest BCUT2D eigenvalue weighted by atomic mass is 9.99. The van der Waals surface area contributed by atoms with Gasteiger partial charge < -0.3 is 14.5 Å². The van der Waals surface area contributed by atoms with Crippen molar-refractivity contribution in [2.75, 3.05) is 19.7 Å². The highest BCUT2D eigenvalue weighted by Crippen LogP contribution is 2.34. The van der Waals surface area contributed by atoms with Gasteiger partial charge in [0.25, 0.3) is 0 Å². The Morgan fingerprint density at radius 1 is 1.21 bits per heavy atom. The minimum atomic E-state index is -0.421. The molecule has 0 bridgehead atoms. The Bertz CT molecular complexity index is 989. The monoisotopic (exact) mass is 470 g/mol. The van der Waals surface area contributed by atoms with Gasteiger partial charge in [-0.25, -0.2) is 0 Å². The Morgan fingerprint density at radius 2 is 1.94 bits per heavy atom. The van der Waals surface area contributed by atoms with Crippen LogP contribution in [-0.2, 0) is 16.0 Å². The number of benzene rings is 1. The predicted molar refractivity (Wildman–Crippen MR) is 135 cm³/mol. The van der Waals surface area contributed by atoms with Gasteiger partial charge in [-0.2, -0.15) is 0 Å². The number of ether oxygens (including phenoxy) is 1. The van der Waals surface area contributed by atoms with E-state index >= 15 is 0 Å². The smallest absolute Gasteiger partial charge is 0.242 e. The van der Waals surface area contributed by atoms with Crippen molar-refractivity contribution in [3.63, 3.8) is 0 Å². The molecule has 0 saturated heterocycles. The second-order valence-electron chi connectivity index (χ2n) is 10.5. The molecule has 3 rings (SSSR count). The topological polar surface area (TPSA) is 49.9 Å². The quantitative estimate of drug-likeness (QED) is 0.534. The van der Waals surface area contributed by atoms with Crippen molar-refractivity contribution in [3.8, 4) is 5.75 Å². The minimum Gasteiger partial charge on any atom is -0.491 e. The van der Waals surface area contributed by atoms with E-state index in [1.807, 2.05) is 58.6 Å². The van der Waals surface area contributed by atoms with Crippen molar-refractivity contribution in [2.24, 2.45) is 5.92 Å². The molecule has 0 unspecified atom stereocenters. The largest absolute Gasteiger partial charge is 0.491 e. The van der Waals surface area contributed by atoms with Gasteiger partial charge in [-0.1, -0.05) is 31.5 Å². The van der Waals surface area contributed by atoms with Crippen molar-refractivity contribution < 1.29 is 14.3 Å². The number of hydrogen-bond donors (Lipinski definition) is 0. The van der Waals surface area contributed by atoms with Crippen molar-refractivity contribution in [2.45, 2.75) is 72.9 Å². The van der Waals surface area contributed by atoms with Crippen LogP contribution in [0.4, 0.5) is 0 Å². The van der Waals surface area contributed by atoms with Crippen LogP contribution in [0.5, 0.6) is 5.75 Å². The van der Waals surface area contributed by atoms with Gasteiger partial charge in [0, 0.05) is 23.4 Å². The first kappa shape index (κ1) is 25.3. The molecule has 0 radical (unpaired) electrons. The number of rotatable bonds is 7. The third-order valence-corrected chi connectivity index (χ3v) is 7.13. The molecule has 0 fully saturated rings. The second kappa shape index (κ2) is 10.3. The number of fused-ring (bicyclic) bond motifs is 1. The summed E-state index contributed by atoms with van der Waals surface area (Å²) in [5.74, 6) is 1.11. The first-order valence-electron chi connectivity index (χ1n) is 11.8. The fourth-order valence-corrected chi connectivity index (χ4v) is 5.32. The molecule has 0 N–H and O–H groups in total. The second-order valence-corrected chi connectivity index (χ2v) is 11.5. The summed E-state index contributed by atoms with van der Waals surface area (Å²) in [7, 11) is 0. The number of hydrogen-bond acceptors (Lipinski definition) is 4. The zero-order chi connectivity index (χ0) is 24.3. The summed E-state index contributed by atoms with van der Waals surface area (Å²) in [6, 6.07) is 8.11. The SMILES string of the molecule is Cc1ccc(OC[C@@H]2c3ccsc3CCN2C(=O)CN(C(=O)CC(C)C)C(C)(C)C)c(C)c1. The van der Waals surface area contributed by atoms with Gasteiger partial charge in [-0.15, -0.1) is 11.3 Å². The number of carbonyl (C=O) groups excluding carboxylic acids is 2. The normalized spacial score (nSPS) is 16.0. The van der Waals surface area contributed by atoms with Gasteiger partial charge >= 0.3 is 0 Å². The van der Waals surface area contributed by atoms with E-state index in [4.69, 9.17) is 4.74 Å². The zero-order valence-corrected chi connectivity index (χ0v) is 21.9. The van der Waals surface area contributed by atoms with E-state index in [2.05, 4.69) is 24.4 Å². The molecule has 1 atom stereocenters. The van der Waals surface area contributed by atoms with Crippen LogP contribution in [0.2, 0.25) is 0 Å². The van der Waals surface area contributed by atoms with E-state index in [0.717, 1.165) is 17.7 Å². The maximum absolute atomic E-state index is 13.6. The first-order chi connectivity index (χ1) is 15.5. The Kier molecular flexibility index (Phi) is 7.88.